The lowest BCUT2D eigenvalue weighted by molar-refractivity contribution is -0.279. The van der Waals surface area contributed by atoms with Gasteiger partial charge in [-0.2, -0.15) is 0 Å². The van der Waals surface area contributed by atoms with Crippen LogP contribution in [0.2, 0.25) is 0 Å². The number of carbonyl (C=O) groups is 2. The van der Waals surface area contributed by atoms with Crippen LogP contribution in [0.4, 0.5) is 0 Å². The molecule has 0 spiro atoms. The van der Waals surface area contributed by atoms with Gasteiger partial charge in [-0.3, -0.25) is 9.59 Å². The minimum atomic E-state index is -1.14. The third-order valence-corrected chi connectivity index (χ3v) is 6.54. The first kappa shape index (κ1) is 20.1. The van der Waals surface area contributed by atoms with E-state index in [1.54, 1.807) is 26.2 Å². The maximum absolute atomic E-state index is 12.9. The Morgan fingerprint density at radius 1 is 1.33 bits per heavy atom. The van der Waals surface area contributed by atoms with E-state index in [2.05, 4.69) is 6.58 Å². The van der Waals surface area contributed by atoms with Gasteiger partial charge in [0.1, 0.15) is 17.3 Å². The highest BCUT2D eigenvalue weighted by atomic mass is 16.7. The zero-order chi connectivity index (χ0) is 20.2. The molecule has 150 valence electrons. The van der Waals surface area contributed by atoms with Crippen LogP contribution in [0.3, 0.4) is 0 Å². The van der Waals surface area contributed by atoms with Crippen LogP contribution < -0.4 is 0 Å². The molecule has 2 fully saturated rings. The number of ketones is 1. The third kappa shape index (κ3) is 2.53. The molecular weight excluding hydrogens is 348 g/mol. The van der Waals surface area contributed by atoms with Gasteiger partial charge < -0.3 is 18.9 Å². The first-order valence-electron chi connectivity index (χ1n) is 9.60. The summed E-state index contributed by atoms with van der Waals surface area (Å²) in [4.78, 5) is 25.5. The monoisotopic (exact) mass is 378 g/mol. The maximum atomic E-state index is 12.9. The van der Waals surface area contributed by atoms with Crippen LogP contribution in [0.1, 0.15) is 47.5 Å². The molecule has 2 saturated heterocycles. The molecular formula is C21H30O6. The van der Waals surface area contributed by atoms with E-state index in [1.807, 2.05) is 27.7 Å². The summed E-state index contributed by atoms with van der Waals surface area (Å²) >= 11 is 0. The molecule has 0 aliphatic carbocycles. The van der Waals surface area contributed by atoms with Gasteiger partial charge in [0.2, 0.25) is 5.78 Å². The molecule has 3 heterocycles. The van der Waals surface area contributed by atoms with Crippen molar-refractivity contribution in [2.45, 2.75) is 71.1 Å². The van der Waals surface area contributed by atoms with Gasteiger partial charge in [-0.25, -0.2) is 0 Å². The zero-order valence-electron chi connectivity index (χ0n) is 17.0. The fourth-order valence-electron chi connectivity index (χ4n) is 5.13. The van der Waals surface area contributed by atoms with Gasteiger partial charge in [-0.05, 0) is 13.8 Å². The van der Waals surface area contributed by atoms with Crippen LogP contribution in [0.25, 0.3) is 0 Å². The topological polar surface area (TPSA) is 71.1 Å². The number of rotatable bonds is 6. The summed E-state index contributed by atoms with van der Waals surface area (Å²) in [7, 11) is 1.55. The fourth-order valence-corrected chi connectivity index (χ4v) is 5.13. The molecule has 0 saturated carbocycles. The van der Waals surface area contributed by atoms with Crippen molar-refractivity contribution in [3.63, 3.8) is 0 Å². The van der Waals surface area contributed by atoms with Crippen LogP contribution in [-0.4, -0.2) is 42.5 Å². The predicted molar refractivity (Wildman–Crippen MR) is 98.6 cm³/mol. The Kier molecular flexibility index (Phi) is 4.80. The second-order valence-corrected chi connectivity index (χ2v) is 8.38. The second kappa shape index (κ2) is 6.45. The normalized spacial score (nSPS) is 43.5. The first-order valence-corrected chi connectivity index (χ1v) is 9.60. The van der Waals surface area contributed by atoms with E-state index in [9.17, 15) is 9.59 Å². The van der Waals surface area contributed by atoms with E-state index in [1.165, 1.54) is 0 Å². The molecule has 3 aliphatic rings. The van der Waals surface area contributed by atoms with Crippen LogP contribution in [0.15, 0.2) is 24.5 Å². The van der Waals surface area contributed by atoms with Crippen LogP contribution >= 0.6 is 0 Å². The Morgan fingerprint density at radius 3 is 2.48 bits per heavy atom. The molecule has 0 radical (unpaired) electrons. The van der Waals surface area contributed by atoms with Crippen molar-refractivity contribution in [1.29, 1.82) is 0 Å². The molecule has 6 nitrogen and oxygen atoms in total. The molecule has 3 aliphatic heterocycles. The quantitative estimate of drug-likeness (QED) is 0.522. The lowest BCUT2D eigenvalue weighted by Gasteiger charge is -2.41. The summed E-state index contributed by atoms with van der Waals surface area (Å²) in [6.07, 6.45) is 3.20. The summed E-state index contributed by atoms with van der Waals surface area (Å²) in [6, 6.07) is 0. The average Bonchev–Trinajstić information content (AvgIpc) is 3.15. The van der Waals surface area contributed by atoms with E-state index in [4.69, 9.17) is 18.9 Å². The van der Waals surface area contributed by atoms with E-state index >= 15 is 0 Å². The maximum Gasteiger partial charge on any atom is 0.318 e. The van der Waals surface area contributed by atoms with Crippen LogP contribution in [0.5, 0.6) is 0 Å². The molecule has 0 bridgehead atoms. The van der Waals surface area contributed by atoms with E-state index < -0.39 is 29.0 Å². The Balaban J connectivity index is 2.01. The molecule has 3 rings (SSSR count). The fraction of sp³-hybridized carbons (Fsp3) is 0.714. The minimum absolute atomic E-state index is 0.0792. The summed E-state index contributed by atoms with van der Waals surface area (Å²) in [6.45, 7) is 13.3. The Bertz CT molecular complexity index is 697. The molecule has 0 amide bonds. The van der Waals surface area contributed by atoms with Crippen molar-refractivity contribution < 1.29 is 28.5 Å². The zero-order valence-corrected chi connectivity index (χ0v) is 17.0. The largest absolute Gasteiger partial charge is 0.484 e. The number of esters is 1. The number of cyclic esters (lactones) is 1. The standard InChI is InChI=1S/C21H30O6/c1-8-13-10-16(22)19(5,26-13)11-15-17-14(9-2)25-18(23)20(17,6)21(24-7,27-15)12(3)4/h9-10,12,14-15,17H,2,8,11H2,1,3-7H3/t14-,15+,17+,19+,20-,21-/m1/s1. The van der Waals surface area contributed by atoms with Crippen molar-refractivity contribution in [2.75, 3.05) is 7.11 Å². The molecule has 0 aromatic heterocycles. The molecule has 6 heteroatoms. The molecule has 0 N–H and O–H groups in total. The van der Waals surface area contributed by atoms with Gasteiger partial charge >= 0.3 is 5.97 Å². The number of fused-ring (bicyclic) bond motifs is 1. The summed E-state index contributed by atoms with van der Waals surface area (Å²) in [5.41, 5.74) is -2.02. The summed E-state index contributed by atoms with van der Waals surface area (Å²) in [5, 5.41) is 0. The number of hydrogen-bond acceptors (Lipinski definition) is 6. The van der Waals surface area contributed by atoms with Crippen molar-refractivity contribution >= 4 is 11.8 Å². The molecule has 6 atom stereocenters. The summed E-state index contributed by atoms with van der Waals surface area (Å²) in [5.74, 6) is -1.33. The highest BCUT2D eigenvalue weighted by molar-refractivity contribution is 5.99. The van der Waals surface area contributed by atoms with E-state index in [0.717, 1.165) is 0 Å². The van der Waals surface area contributed by atoms with Crippen molar-refractivity contribution in [2.24, 2.45) is 17.3 Å². The Morgan fingerprint density at radius 2 is 2.00 bits per heavy atom. The van der Waals surface area contributed by atoms with Crippen molar-refractivity contribution in [1.82, 2.24) is 0 Å². The lowest BCUT2D eigenvalue weighted by atomic mass is 9.66. The predicted octanol–water partition coefficient (Wildman–Crippen LogP) is 3.16. The molecule has 0 aromatic carbocycles. The Hall–Kier alpha value is -1.66. The van der Waals surface area contributed by atoms with Gasteiger partial charge in [0.25, 0.3) is 0 Å². The Labute approximate surface area is 160 Å². The second-order valence-electron chi connectivity index (χ2n) is 8.38. The smallest absolute Gasteiger partial charge is 0.318 e. The number of methoxy groups -OCH3 is 1. The minimum Gasteiger partial charge on any atom is -0.484 e. The van der Waals surface area contributed by atoms with E-state index in [0.29, 0.717) is 18.6 Å². The highest BCUT2D eigenvalue weighted by Gasteiger charge is 2.75. The van der Waals surface area contributed by atoms with Gasteiger partial charge in [-0.15, -0.1) is 0 Å². The number of carbonyl (C=O) groups excluding carboxylic acids is 2. The van der Waals surface area contributed by atoms with Gasteiger partial charge in [0.05, 0.1) is 6.10 Å². The number of hydrogen-bond donors (Lipinski definition) is 0. The highest BCUT2D eigenvalue weighted by Crippen LogP contribution is 2.61. The molecule has 0 unspecified atom stereocenters. The average molecular weight is 378 g/mol. The number of ether oxygens (including phenoxy) is 4. The van der Waals surface area contributed by atoms with Crippen molar-refractivity contribution in [3.8, 4) is 0 Å². The lowest BCUT2D eigenvalue weighted by Crippen LogP contribution is -2.54. The van der Waals surface area contributed by atoms with Crippen molar-refractivity contribution in [3.05, 3.63) is 24.5 Å². The molecule has 0 aromatic rings. The van der Waals surface area contributed by atoms with Gasteiger partial charge in [0.15, 0.2) is 11.4 Å². The van der Waals surface area contributed by atoms with Crippen LogP contribution in [-0.2, 0) is 28.5 Å². The molecule has 27 heavy (non-hydrogen) atoms. The van der Waals surface area contributed by atoms with Crippen LogP contribution in [0, 0.1) is 17.3 Å². The summed E-state index contributed by atoms with van der Waals surface area (Å²) < 4.78 is 23.9. The van der Waals surface area contributed by atoms with Gasteiger partial charge in [-0.1, -0.05) is 33.4 Å². The SMILES string of the molecule is C=C[C@H]1OC(=O)[C@@]2(C)[C@@H]1[C@H](C[C@]1(C)OC(CC)=CC1=O)O[C@]2(OC)C(C)C. The van der Waals surface area contributed by atoms with Gasteiger partial charge in [0, 0.05) is 37.9 Å². The third-order valence-electron chi connectivity index (χ3n) is 6.54. The van der Waals surface area contributed by atoms with E-state index in [-0.39, 0.29) is 23.6 Å². The first-order chi connectivity index (χ1) is 12.6. The number of allylic oxidation sites excluding steroid dienone is 1.